The van der Waals surface area contributed by atoms with E-state index in [2.05, 4.69) is 30.5 Å². The molecule has 0 amide bonds. The SMILES string of the molecule is C=N/C=C(\C=NC)CC(C)C. The summed E-state index contributed by atoms with van der Waals surface area (Å²) < 4.78 is 0. The molecule has 0 aromatic carbocycles. The molecule has 0 aliphatic heterocycles. The summed E-state index contributed by atoms with van der Waals surface area (Å²) in [4.78, 5) is 7.63. The van der Waals surface area contributed by atoms with Crippen LogP contribution in [0.4, 0.5) is 0 Å². The summed E-state index contributed by atoms with van der Waals surface area (Å²) in [7, 11) is 1.76. The molecule has 0 unspecified atom stereocenters. The van der Waals surface area contributed by atoms with Crippen molar-refractivity contribution >= 4 is 12.9 Å². The first kappa shape index (κ1) is 10.1. The van der Waals surface area contributed by atoms with Gasteiger partial charge in [0.1, 0.15) is 0 Å². The highest BCUT2D eigenvalue weighted by molar-refractivity contribution is 5.78. The van der Waals surface area contributed by atoms with Gasteiger partial charge in [0.15, 0.2) is 0 Å². The van der Waals surface area contributed by atoms with Gasteiger partial charge in [-0.3, -0.25) is 9.98 Å². The van der Waals surface area contributed by atoms with Crippen molar-refractivity contribution in [2.75, 3.05) is 7.05 Å². The van der Waals surface area contributed by atoms with Gasteiger partial charge < -0.3 is 0 Å². The molecule has 2 nitrogen and oxygen atoms in total. The van der Waals surface area contributed by atoms with Crippen LogP contribution in [-0.4, -0.2) is 20.0 Å². The van der Waals surface area contributed by atoms with E-state index in [-0.39, 0.29) is 0 Å². The van der Waals surface area contributed by atoms with Crippen LogP contribution >= 0.6 is 0 Å². The molecule has 0 heterocycles. The Morgan fingerprint density at radius 2 is 2.18 bits per heavy atom. The van der Waals surface area contributed by atoms with Crippen LogP contribution in [0.1, 0.15) is 20.3 Å². The fourth-order valence-electron chi connectivity index (χ4n) is 0.893. The van der Waals surface area contributed by atoms with Crippen LogP contribution in [0, 0.1) is 5.92 Å². The first-order chi connectivity index (χ1) is 5.20. The summed E-state index contributed by atoms with van der Waals surface area (Å²) >= 11 is 0. The monoisotopic (exact) mass is 152 g/mol. The van der Waals surface area contributed by atoms with Crippen molar-refractivity contribution in [1.82, 2.24) is 0 Å². The molecule has 0 saturated heterocycles. The normalized spacial score (nSPS) is 12.9. The van der Waals surface area contributed by atoms with E-state index in [9.17, 15) is 0 Å². The maximum atomic E-state index is 3.93. The number of hydrogen-bond donors (Lipinski definition) is 0. The topological polar surface area (TPSA) is 24.7 Å². The lowest BCUT2D eigenvalue weighted by Crippen LogP contribution is -1.92. The highest BCUT2D eigenvalue weighted by atomic mass is 14.7. The summed E-state index contributed by atoms with van der Waals surface area (Å²) in [6.45, 7) is 7.74. The van der Waals surface area contributed by atoms with Gasteiger partial charge in [0, 0.05) is 19.5 Å². The predicted octanol–water partition coefficient (Wildman–Crippen LogP) is 2.32. The Kier molecular flexibility index (Phi) is 5.35. The molecule has 0 spiro atoms. The van der Waals surface area contributed by atoms with Crippen molar-refractivity contribution in [2.45, 2.75) is 20.3 Å². The zero-order chi connectivity index (χ0) is 8.69. The van der Waals surface area contributed by atoms with E-state index in [1.165, 1.54) is 0 Å². The third-order valence-electron chi connectivity index (χ3n) is 1.20. The second-order valence-electron chi connectivity index (χ2n) is 2.87. The minimum atomic E-state index is 0.640. The molecule has 0 fully saturated rings. The Bertz CT molecular complexity index is 166. The number of allylic oxidation sites excluding steroid dienone is 1. The van der Waals surface area contributed by atoms with Gasteiger partial charge in [-0.15, -0.1) is 0 Å². The fraction of sp³-hybridized carbons (Fsp3) is 0.556. The molecule has 0 bridgehead atoms. The van der Waals surface area contributed by atoms with E-state index in [1.807, 2.05) is 6.21 Å². The lowest BCUT2D eigenvalue weighted by molar-refractivity contribution is 0.654. The number of rotatable bonds is 4. The van der Waals surface area contributed by atoms with Crippen LogP contribution in [-0.2, 0) is 0 Å². The van der Waals surface area contributed by atoms with Crippen LogP contribution in [0.3, 0.4) is 0 Å². The average molecular weight is 152 g/mol. The summed E-state index contributed by atoms with van der Waals surface area (Å²) in [5.74, 6) is 0.640. The van der Waals surface area contributed by atoms with Crippen LogP contribution in [0.15, 0.2) is 21.8 Å². The van der Waals surface area contributed by atoms with E-state index >= 15 is 0 Å². The molecule has 0 aromatic heterocycles. The molecular weight excluding hydrogens is 136 g/mol. The minimum Gasteiger partial charge on any atom is -0.296 e. The quantitative estimate of drug-likeness (QED) is 0.552. The number of aliphatic imine (C=N–C) groups is 2. The maximum Gasteiger partial charge on any atom is 0.0307 e. The van der Waals surface area contributed by atoms with Gasteiger partial charge in [-0.1, -0.05) is 13.8 Å². The van der Waals surface area contributed by atoms with Gasteiger partial charge in [-0.25, -0.2) is 0 Å². The third kappa shape index (κ3) is 5.52. The smallest absolute Gasteiger partial charge is 0.0307 e. The molecule has 0 aliphatic carbocycles. The summed E-state index contributed by atoms with van der Waals surface area (Å²) in [5, 5.41) is 0. The maximum absolute atomic E-state index is 3.93. The molecule has 2 heteroatoms. The molecular formula is C9H16N2. The zero-order valence-electron chi connectivity index (χ0n) is 7.54. The number of hydrogen-bond acceptors (Lipinski definition) is 2. The summed E-state index contributed by atoms with van der Waals surface area (Å²) in [6.07, 6.45) is 4.60. The molecule has 0 aliphatic rings. The van der Waals surface area contributed by atoms with Crippen LogP contribution in [0.2, 0.25) is 0 Å². The highest BCUT2D eigenvalue weighted by Gasteiger charge is 1.96. The van der Waals surface area contributed by atoms with Gasteiger partial charge in [0.25, 0.3) is 0 Å². The average Bonchev–Trinajstić information content (AvgIpc) is 1.87. The Morgan fingerprint density at radius 1 is 1.55 bits per heavy atom. The Labute approximate surface area is 68.8 Å². The Hall–Kier alpha value is -0.920. The van der Waals surface area contributed by atoms with Crippen LogP contribution < -0.4 is 0 Å². The third-order valence-corrected chi connectivity index (χ3v) is 1.20. The van der Waals surface area contributed by atoms with Crippen molar-refractivity contribution in [1.29, 1.82) is 0 Å². The molecule has 0 saturated carbocycles. The summed E-state index contributed by atoms with van der Waals surface area (Å²) in [5.41, 5.74) is 1.14. The minimum absolute atomic E-state index is 0.640. The molecule has 11 heavy (non-hydrogen) atoms. The molecule has 0 radical (unpaired) electrons. The Balaban J connectivity index is 4.11. The van der Waals surface area contributed by atoms with Crippen LogP contribution in [0.25, 0.3) is 0 Å². The van der Waals surface area contributed by atoms with Crippen molar-refractivity contribution in [3.8, 4) is 0 Å². The Morgan fingerprint density at radius 3 is 2.55 bits per heavy atom. The van der Waals surface area contributed by atoms with E-state index in [0.29, 0.717) is 5.92 Å². The molecule has 62 valence electrons. The second kappa shape index (κ2) is 5.83. The predicted molar refractivity (Wildman–Crippen MR) is 51.5 cm³/mol. The molecule has 0 rings (SSSR count). The fourth-order valence-corrected chi connectivity index (χ4v) is 0.893. The largest absolute Gasteiger partial charge is 0.296 e. The van der Waals surface area contributed by atoms with Gasteiger partial charge in [-0.05, 0) is 24.6 Å². The van der Waals surface area contributed by atoms with E-state index in [0.717, 1.165) is 12.0 Å². The highest BCUT2D eigenvalue weighted by Crippen LogP contribution is 2.08. The van der Waals surface area contributed by atoms with Gasteiger partial charge in [0.05, 0.1) is 0 Å². The molecule has 0 N–H and O–H groups in total. The van der Waals surface area contributed by atoms with E-state index in [4.69, 9.17) is 0 Å². The molecule has 0 aromatic rings. The van der Waals surface area contributed by atoms with Crippen LogP contribution in [0.5, 0.6) is 0 Å². The lowest BCUT2D eigenvalue weighted by atomic mass is 10.1. The van der Waals surface area contributed by atoms with Crippen molar-refractivity contribution in [3.63, 3.8) is 0 Å². The van der Waals surface area contributed by atoms with Gasteiger partial charge in [-0.2, -0.15) is 0 Å². The first-order valence-corrected chi connectivity index (χ1v) is 3.77. The standard InChI is InChI=1S/C9H16N2/c1-8(2)5-9(6-10-3)7-11-4/h6-8H,3,5H2,1-2,4H3/b9-6-,11-7?. The lowest BCUT2D eigenvalue weighted by Gasteiger charge is -2.02. The van der Waals surface area contributed by atoms with Gasteiger partial charge in [0.2, 0.25) is 0 Å². The van der Waals surface area contributed by atoms with Gasteiger partial charge >= 0.3 is 0 Å². The van der Waals surface area contributed by atoms with Crippen molar-refractivity contribution < 1.29 is 0 Å². The van der Waals surface area contributed by atoms with Crippen molar-refractivity contribution in [2.24, 2.45) is 15.9 Å². The number of nitrogens with zero attached hydrogens (tertiary/aromatic N) is 2. The van der Waals surface area contributed by atoms with Crippen molar-refractivity contribution in [3.05, 3.63) is 11.8 Å². The second-order valence-corrected chi connectivity index (χ2v) is 2.87. The first-order valence-electron chi connectivity index (χ1n) is 3.77. The van der Waals surface area contributed by atoms with E-state index in [1.54, 1.807) is 13.2 Å². The molecule has 0 atom stereocenters. The van der Waals surface area contributed by atoms with E-state index < -0.39 is 0 Å². The summed E-state index contributed by atoms with van der Waals surface area (Å²) in [6, 6.07) is 0. The zero-order valence-corrected chi connectivity index (χ0v) is 7.54.